The molecule has 4 N–H and O–H groups in total. The molecule has 4 atom stereocenters. The van der Waals surface area contributed by atoms with Crippen molar-refractivity contribution in [3.05, 3.63) is 89.7 Å². The summed E-state index contributed by atoms with van der Waals surface area (Å²) < 4.78 is 24.3. The summed E-state index contributed by atoms with van der Waals surface area (Å²) in [5.41, 5.74) is 12.0. The largest absolute Gasteiger partial charge is 0.507 e. The van der Waals surface area contributed by atoms with E-state index < -0.39 is 12.2 Å². The van der Waals surface area contributed by atoms with E-state index in [0.717, 1.165) is 48.1 Å². The normalized spacial score (nSPS) is 23.1. The lowest BCUT2D eigenvalue weighted by Gasteiger charge is -2.39. The predicted octanol–water partition coefficient (Wildman–Crippen LogP) is 5.64. The first-order valence-electron chi connectivity index (χ1n) is 21.1. The van der Waals surface area contributed by atoms with Crippen LogP contribution in [0, 0.1) is 12.8 Å². The monoisotopic (exact) mass is 830 g/mol. The van der Waals surface area contributed by atoms with Crippen molar-refractivity contribution in [3.63, 3.8) is 0 Å². The molecule has 9 rings (SSSR count). The maximum absolute atomic E-state index is 16.0. The van der Waals surface area contributed by atoms with Crippen molar-refractivity contribution < 1.29 is 28.6 Å². The average Bonchev–Trinajstić information content (AvgIpc) is 3.58. The molecule has 2 aromatic carbocycles. The van der Waals surface area contributed by atoms with E-state index in [1.807, 2.05) is 72.0 Å². The number of carbonyl (C=O) groups is 3. The van der Waals surface area contributed by atoms with Crippen LogP contribution in [0.4, 0.5) is 26.4 Å². The molecule has 0 radical (unpaired) electrons. The summed E-state index contributed by atoms with van der Waals surface area (Å²) in [4.78, 5) is 50.2. The SMILES string of the molecule is Cc1cn([C@H]2CCN(CC3CCN(C(=O)c4ccc([C@@H]5CN(c6cc(-c7ccccc7O)nnc6N)C[C@H](C)O5)cc4)CC3)C[C@@H]2F)c2ncc(N3CCC(=O)NC3=O)cc12. The van der Waals surface area contributed by atoms with Gasteiger partial charge in [0.05, 0.1) is 35.4 Å². The van der Waals surface area contributed by atoms with Crippen molar-refractivity contribution in [1.29, 1.82) is 0 Å². The number of hydrogen-bond donors (Lipinski definition) is 3. The number of likely N-dealkylation sites (tertiary alicyclic amines) is 2. The Morgan fingerprint density at radius 2 is 1.77 bits per heavy atom. The summed E-state index contributed by atoms with van der Waals surface area (Å²) in [7, 11) is 0. The number of phenols is 1. The lowest BCUT2D eigenvalue weighted by molar-refractivity contribution is -0.120. The maximum Gasteiger partial charge on any atom is 0.328 e. The predicted molar refractivity (Wildman–Crippen MR) is 229 cm³/mol. The smallest absolute Gasteiger partial charge is 0.328 e. The van der Waals surface area contributed by atoms with E-state index in [9.17, 15) is 19.5 Å². The van der Waals surface area contributed by atoms with E-state index in [2.05, 4.69) is 30.3 Å². The van der Waals surface area contributed by atoms with Crippen molar-refractivity contribution >= 4 is 46.1 Å². The molecule has 4 aliphatic rings. The van der Waals surface area contributed by atoms with Gasteiger partial charge in [0.25, 0.3) is 5.91 Å². The van der Waals surface area contributed by atoms with Gasteiger partial charge in [-0.1, -0.05) is 24.3 Å². The van der Waals surface area contributed by atoms with Crippen LogP contribution in [-0.2, 0) is 9.53 Å². The molecular formula is C45H51FN10O5. The number of benzene rings is 2. The number of aryl methyl sites for hydroxylation is 1. The number of aromatic hydroxyl groups is 1. The number of nitrogens with two attached hydrogens (primary N) is 1. The third-order valence-corrected chi connectivity index (χ3v) is 12.7. The number of piperidine rings is 2. The summed E-state index contributed by atoms with van der Waals surface area (Å²) in [5.74, 6) is 0.505. The summed E-state index contributed by atoms with van der Waals surface area (Å²) in [6.07, 6.45) is 4.74. The summed E-state index contributed by atoms with van der Waals surface area (Å²) in [6.45, 7) is 8.60. The number of morpholine rings is 1. The molecule has 16 heteroatoms. The number of imide groups is 1. The second-order valence-electron chi connectivity index (χ2n) is 16.9. The number of carbonyl (C=O) groups excluding carboxylic acids is 3. The number of fused-ring (bicyclic) bond motifs is 1. The number of aromatic nitrogens is 4. The fraction of sp³-hybridized carbons (Fsp3) is 0.422. The molecule has 0 saturated carbocycles. The number of phenolic OH excluding ortho intramolecular Hbond substituents is 1. The number of urea groups is 1. The standard InChI is InChI=1S/C45H51FN10O5/c1-27-22-56(43-34(27)19-32(21-48-43)55-18-14-41(58)49-45(55)60)37-13-15-52(25-35(37)46)24-29-11-16-53(17-12-29)44(59)31-9-7-30(8-10-31)40-26-54(23-28(2)61-40)38-20-36(50-51-42(38)47)33-5-3-4-6-39(33)57/h3-10,19-22,28-29,35,37,40,57H,11-18,23-26H2,1-2H3,(H2,47,51)(H,49,58,60)/t28-,35-,37-,40-/m0/s1. The molecule has 3 aromatic heterocycles. The van der Waals surface area contributed by atoms with E-state index in [1.54, 1.807) is 24.4 Å². The molecule has 0 unspecified atom stereocenters. The van der Waals surface area contributed by atoms with E-state index in [1.165, 1.54) is 4.90 Å². The van der Waals surface area contributed by atoms with Gasteiger partial charge in [-0.3, -0.25) is 19.8 Å². The number of para-hydroxylation sites is 1. The van der Waals surface area contributed by atoms with Crippen LogP contribution in [0.5, 0.6) is 5.75 Å². The summed E-state index contributed by atoms with van der Waals surface area (Å²) in [5, 5.41) is 22.1. The minimum atomic E-state index is -1.08. The van der Waals surface area contributed by atoms with Gasteiger partial charge in [-0.15, -0.1) is 10.2 Å². The molecule has 7 heterocycles. The van der Waals surface area contributed by atoms with Gasteiger partial charge < -0.3 is 34.8 Å². The van der Waals surface area contributed by atoms with E-state index >= 15 is 4.39 Å². The highest BCUT2D eigenvalue weighted by Gasteiger charge is 2.35. The molecule has 5 aromatic rings. The average molecular weight is 831 g/mol. The Bertz CT molecular complexity index is 2450. The van der Waals surface area contributed by atoms with Crippen LogP contribution in [0.1, 0.15) is 66.2 Å². The number of alkyl halides is 1. The number of nitrogens with zero attached hydrogens (tertiary/aromatic N) is 8. The van der Waals surface area contributed by atoms with Crippen LogP contribution in [0.25, 0.3) is 22.3 Å². The van der Waals surface area contributed by atoms with Crippen molar-refractivity contribution in [1.82, 2.24) is 34.9 Å². The van der Waals surface area contributed by atoms with Gasteiger partial charge in [0.2, 0.25) is 5.91 Å². The second kappa shape index (κ2) is 16.7. The first-order chi connectivity index (χ1) is 29.5. The fourth-order valence-corrected chi connectivity index (χ4v) is 9.43. The number of hydrogen-bond acceptors (Lipinski definition) is 11. The highest BCUT2D eigenvalue weighted by molar-refractivity contribution is 6.06. The Morgan fingerprint density at radius 3 is 2.52 bits per heavy atom. The summed E-state index contributed by atoms with van der Waals surface area (Å²) in [6, 6.07) is 17.6. The zero-order chi connectivity index (χ0) is 42.4. The number of anilines is 3. The number of rotatable bonds is 8. The van der Waals surface area contributed by atoms with Crippen LogP contribution in [0.2, 0.25) is 0 Å². The van der Waals surface area contributed by atoms with Gasteiger partial charge in [0.1, 0.15) is 23.7 Å². The minimum absolute atomic E-state index is 0.00536. The number of ether oxygens (including phenoxy) is 1. The number of nitrogens with one attached hydrogen (secondary N) is 1. The van der Waals surface area contributed by atoms with Gasteiger partial charge >= 0.3 is 6.03 Å². The Balaban J connectivity index is 0.773. The Kier molecular flexibility index (Phi) is 11.0. The molecule has 0 bridgehead atoms. The molecule has 15 nitrogen and oxygen atoms in total. The van der Waals surface area contributed by atoms with Gasteiger partial charge in [0.15, 0.2) is 5.82 Å². The van der Waals surface area contributed by atoms with Crippen LogP contribution in [0.3, 0.4) is 0 Å². The van der Waals surface area contributed by atoms with E-state index in [-0.39, 0.29) is 48.8 Å². The lowest BCUT2D eigenvalue weighted by Crippen LogP contribution is -2.49. The van der Waals surface area contributed by atoms with E-state index in [4.69, 9.17) is 10.5 Å². The van der Waals surface area contributed by atoms with Gasteiger partial charge in [-0.05, 0) is 86.6 Å². The molecule has 318 valence electrons. The van der Waals surface area contributed by atoms with Crippen LogP contribution in [-0.4, -0.2) is 117 Å². The number of amides is 4. The topological polar surface area (TPSA) is 175 Å². The molecule has 61 heavy (non-hydrogen) atoms. The number of nitrogen functional groups attached to an aromatic ring is 1. The molecule has 0 spiro atoms. The molecule has 4 aliphatic heterocycles. The zero-order valence-corrected chi connectivity index (χ0v) is 34.4. The van der Waals surface area contributed by atoms with Gasteiger partial charge in [-0.25, -0.2) is 14.2 Å². The van der Waals surface area contributed by atoms with Gasteiger partial charge in [0, 0.05) is 81.5 Å². The van der Waals surface area contributed by atoms with Crippen molar-refractivity contribution in [2.75, 3.05) is 67.9 Å². The Labute approximate surface area is 353 Å². The number of pyridine rings is 1. The Morgan fingerprint density at radius 1 is 0.984 bits per heavy atom. The lowest BCUT2D eigenvalue weighted by atomic mass is 9.93. The minimum Gasteiger partial charge on any atom is -0.507 e. The third kappa shape index (κ3) is 8.21. The molecule has 4 amide bonds. The van der Waals surface area contributed by atoms with Crippen LogP contribution < -0.4 is 20.9 Å². The molecular weight excluding hydrogens is 780 g/mol. The number of halogens is 1. The zero-order valence-electron chi connectivity index (χ0n) is 34.4. The highest BCUT2D eigenvalue weighted by atomic mass is 19.1. The fourth-order valence-electron chi connectivity index (χ4n) is 9.43. The molecule has 0 aliphatic carbocycles. The maximum atomic E-state index is 16.0. The first-order valence-corrected chi connectivity index (χ1v) is 21.1. The molecule has 4 fully saturated rings. The van der Waals surface area contributed by atoms with Crippen LogP contribution in [0.15, 0.2) is 73.1 Å². The molecule has 4 saturated heterocycles. The van der Waals surface area contributed by atoms with E-state index in [0.29, 0.717) is 79.0 Å². The quantitative estimate of drug-likeness (QED) is 0.177. The van der Waals surface area contributed by atoms with Crippen molar-refractivity contribution in [2.24, 2.45) is 5.92 Å². The van der Waals surface area contributed by atoms with Crippen molar-refractivity contribution in [2.45, 2.75) is 64.0 Å². The van der Waals surface area contributed by atoms with Gasteiger partial charge in [-0.2, -0.15) is 0 Å². The third-order valence-electron chi connectivity index (χ3n) is 12.7. The summed E-state index contributed by atoms with van der Waals surface area (Å²) >= 11 is 0. The second-order valence-corrected chi connectivity index (χ2v) is 16.9. The van der Waals surface area contributed by atoms with Crippen molar-refractivity contribution in [3.8, 4) is 17.0 Å². The highest BCUT2D eigenvalue weighted by Crippen LogP contribution is 2.36. The first kappa shape index (κ1) is 40.3. The Hall–Kier alpha value is -6.13. The van der Waals surface area contributed by atoms with Crippen LogP contribution >= 0.6 is 0 Å².